The van der Waals surface area contributed by atoms with Crippen LogP contribution in [0.1, 0.15) is 47.0 Å². The van der Waals surface area contributed by atoms with Crippen LogP contribution in [0.2, 0.25) is 0 Å². The van der Waals surface area contributed by atoms with Gasteiger partial charge in [-0.2, -0.15) is 0 Å². The number of fused-ring (bicyclic) bond motifs is 2. The smallest absolute Gasteiger partial charge is 0.118 e. The number of ether oxygens (including phenoxy) is 1. The third-order valence-corrected chi connectivity index (χ3v) is 4.86. The Labute approximate surface area is 105 Å². The van der Waals surface area contributed by atoms with Crippen molar-refractivity contribution in [3.05, 3.63) is 11.5 Å². The molecular formula is C15H25NO. The third-order valence-electron chi connectivity index (χ3n) is 4.86. The Morgan fingerprint density at radius 3 is 2.35 bits per heavy atom. The molecule has 17 heavy (non-hydrogen) atoms. The van der Waals surface area contributed by atoms with E-state index in [0.717, 1.165) is 6.61 Å². The van der Waals surface area contributed by atoms with E-state index in [1.165, 1.54) is 37.3 Å². The number of rotatable bonds is 2. The first-order valence-corrected chi connectivity index (χ1v) is 7.19. The van der Waals surface area contributed by atoms with E-state index in [2.05, 4.69) is 32.6 Å². The molecule has 0 bridgehead atoms. The Balaban J connectivity index is 1.96. The van der Waals surface area contributed by atoms with Crippen LogP contribution in [0.15, 0.2) is 11.5 Å². The zero-order chi connectivity index (χ0) is 12.2. The van der Waals surface area contributed by atoms with Crippen LogP contribution < -0.4 is 0 Å². The summed E-state index contributed by atoms with van der Waals surface area (Å²) in [4.78, 5) is 2.69. The summed E-state index contributed by atoms with van der Waals surface area (Å²) in [5, 5.41) is 0. The largest absolute Gasteiger partial charge is 0.494 e. The Morgan fingerprint density at radius 2 is 1.82 bits per heavy atom. The van der Waals surface area contributed by atoms with Gasteiger partial charge in [0.05, 0.1) is 11.7 Å². The molecule has 1 saturated heterocycles. The first-order valence-electron chi connectivity index (χ1n) is 7.19. The molecule has 1 aliphatic carbocycles. The first-order chi connectivity index (χ1) is 8.05. The van der Waals surface area contributed by atoms with Gasteiger partial charge < -0.3 is 9.64 Å². The maximum atomic E-state index is 6.14. The lowest BCUT2D eigenvalue weighted by atomic mass is 9.94. The molecule has 0 aromatic heterocycles. The van der Waals surface area contributed by atoms with Gasteiger partial charge in [-0.15, -0.1) is 0 Å². The van der Waals surface area contributed by atoms with Gasteiger partial charge >= 0.3 is 0 Å². The highest BCUT2D eigenvalue weighted by Gasteiger charge is 2.57. The van der Waals surface area contributed by atoms with Crippen LogP contribution in [0, 0.1) is 17.3 Å². The molecule has 2 aliphatic heterocycles. The fraction of sp³-hybridized carbons (Fsp3) is 0.867. The zero-order valence-electron chi connectivity index (χ0n) is 11.6. The van der Waals surface area contributed by atoms with Crippen molar-refractivity contribution in [1.82, 2.24) is 4.90 Å². The molecule has 0 aromatic carbocycles. The average molecular weight is 235 g/mol. The minimum Gasteiger partial charge on any atom is -0.494 e. The standard InChI is InChI=1S/C15H25NO/c1-10(2)13-14(11(3)4)17-9-12-15(5-6-15)7-8-16(12)13/h10-12H,5-9H2,1-4H3. The Kier molecular flexibility index (Phi) is 2.46. The van der Waals surface area contributed by atoms with Crippen LogP contribution in [0.25, 0.3) is 0 Å². The first kappa shape index (κ1) is 11.4. The van der Waals surface area contributed by atoms with Crippen molar-refractivity contribution in [2.75, 3.05) is 13.2 Å². The summed E-state index contributed by atoms with van der Waals surface area (Å²) < 4.78 is 6.14. The maximum absolute atomic E-state index is 6.14. The average Bonchev–Trinajstić information content (AvgIpc) is 2.95. The lowest BCUT2D eigenvalue weighted by Gasteiger charge is -2.40. The predicted molar refractivity (Wildman–Crippen MR) is 69.4 cm³/mol. The molecule has 2 nitrogen and oxygen atoms in total. The number of hydrogen-bond acceptors (Lipinski definition) is 2. The predicted octanol–water partition coefficient (Wildman–Crippen LogP) is 3.39. The maximum Gasteiger partial charge on any atom is 0.118 e. The quantitative estimate of drug-likeness (QED) is 0.727. The van der Waals surface area contributed by atoms with E-state index in [0.29, 0.717) is 23.3 Å². The molecule has 1 spiro atoms. The summed E-state index contributed by atoms with van der Waals surface area (Å²) >= 11 is 0. The Bertz CT molecular complexity index is 352. The van der Waals surface area contributed by atoms with Gasteiger partial charge in [0.25, 0.3) is 0 Å². The van der Waals surface area contributed by atoms with Crippen molar-refractivity contribution in [1.29, 1.82) is 0 Å². The van der Waals surface area contributed by atoms with Gasteiger partial charge in [0.2, 0.25) is 0 Å². The molecule has 0 amide bonds. The lowest BCUT2D eigenvalue weighted by molar-refractivity contribution is 0.0537. The molecule has 2 heteroatoms. The van der Waals surface area contributed by atoms with Gasteiger partial charge in [-0.3, -0.25) is 0 Å². The zero-order valence-corrected chi connectivity index (χ0v) is 11.6. The van der Waals surface area contributed by atoms with Gasteiger partial charge in [0.1, 0.15) is 12.4 Å². The second kappa shape index (κ2) is 3.66. The molecular weight excluding hydrogens is 210 g/mol. The van der Waals surface area contributed by atoms with Crippen molar-refractivity contribution in [2.24, 2.45) is 17.3 Å². The van der Waals surface area contributed by atoms with Crippen LogP contribution in [0.3, 0.4) is 0 Å². The number of allylic oxidation sites excluding steroid dienone is 2. The minimum absolute atomic E-state index is 0.518. The monoisotopic (exact) mass is 235 g/mol. The molecule has 1 unspecified atom stereocenters. The van der Waals surface area contributed by atoms with E-state index < -0.39 is 0 Å². The summed E-state index contributed by atoms with van der Waals surface area (Å²) in [6.45, 7) is 11.3. The van der Waals surface area contributed by atoms with Crippen LogP contribution in [-0.2, 0) is 4.74 Å². The fourth-order valence-electron chi connectivity index (χ4n) is 3.76. The summed E-state index contributed by atoms with van der Waals surface area (Å²) in [7, 11) is 0. The summed E-state index contributed by atoms with van der Waals surface area (Å²) in [6.07, 6.45) is 4.25. The second-order valence-corrected chi connectivity index (χ2v) is 6.69. The van der Waals surface area contributed by atoms with Crippen molar-refractivity contribution in [2.45, 2.75) is 53.0 Å². The molecule has 0 radical (unpaired) electrons. The molecule has 3 aliphatic rings. The lowest BCUT2D eigenvalue weighted by Crippen LogP contribution is -2.43. The normalized spacial score (nSPS) is 30.2. The fourth-order valence-corrected chi connectivity index (χ4v) is 3.76. The second-order valence-electron chi connectivity index (χ2n) is 6.69. The highest BCUT2D eigenvalue weighted by molar-refractivity contribution is 5.22. The van der Waals surface area contributed by atoms with Crippen LogP contribution in [0.4, 0.5) is 0 Å². The van der Waals surface area contributed by atoms with Crippen LogP contribution in [0.5, 0.6) is 0 Å². The van der Waals surface area contributed by atoms with E-state index >= 15 is 0 Å². The topological polar surface area (TPSA) is 12.5 Å². The molecule has 1 saturated carbocycles. The van der Waals surface area contributed by atoms with E-state index in [1.54, 1.807) is 0 Å². The highest BCUT2D eigenvalue weighted by Crippen LogP contribution is 2.59. The summed E-state index contributed by atoms with van der Waals surface area (Å²) in [6, 6.07) is 0.683. The molecule has 0 aromatic rings. The summed E-state index contributed by atoms with van der Waals surface area (Å²) in [5.41, 5.74) is 2.14. The minimum atomic E-state index is 0.518. The number of nitrogens with zero attached hydrogens (tertiary/aromatic N) is 1. The molecule has 2 heterocycles. The Morgan fingerprint density at radius 1 is 1.12 bits per heavy atom. The van der Waals surface area contributed by atoms with Gasteiger partial charge in [-0.1, -0.05) is 27.7 Å². The van der Waals surface area contributed by atoms with Crippen LogP contribution in [-0.4, -0.2) is 24.1 Å². The van der Waals surface area contributed by atoms with Crippen molar-refractivity contribution in [3.8, 4) is 0 Å². The third kappa shape index (κ3) is 1.60. The van der Waals surface area contributed by atoms with E-state index in [9.17, 15) is 0 Å². The van der Waals surface area contributed by atoms with E-state index in [4.69, 9.17) is 4.74 Å². The summed E-state index contributed by atoms with van der Waals surface area (Å²) in [5.74, 6) is 2.36. The van der Waals surface area contributed by atoms with Crippen LogP contribution >= 0.6 is 0 Å². The SMILES string of the molecule is CC(C)C1=C(C(C)C)N2CCC3(CC3)C2CO1. The molecule has 0 N–H and O–H groups in total. The van der Waals surface area contributed by atoms with Gasteiger partial charge in [0, 0.05) is 12.5 Å². The van der Waals surface area contributed by atoms with Crippen molar-refractivity contribution >= 4 is 0 Å². The van der Waals surface area contributed by atoms with Gasteiger partial charge in [0.15, 0.2) is 0 Å². The highest BCUT2D eigenvalue weighted by atomic mass is 16.5. The molecule has 3 rings (SSSR count). The molecule has 2 fully saturated rings. The number of hydrogen-bond donors (Lipinski definition) is 0. The Hall–Kier alpha value is -0.660. The van der Waals surface area contributed by atoms with Gasteiger partial charge in [-0.25, -0.2) is 0 Å². The molecule has 96 valence electrons. The van der Waals surface area contributed by atoms with Crippen molar-refractivity contribution in [3.63, 3.8) is 0 Å². The van der Waals surface area contributed by atoms with E-state index in [-0.39, 0.29) is 0 Å². The molecule has 1 atom stereocenters. The van der Waals surface area contributed by atoms with Gasteiger partial charge in [-0.05, 0) is 30.6 Å². The van der Waals surface area contributed by atoms with E-state index in [1.807, 2.05) is 0 Å². The van der Waals surface area contributed by atoms with Crippen molar-refractivity contribution < 1.29 is 4.74 Å².